The van der Waals surface area contributed by atoms with Gasteiger partial charge in [0, 0.05) is 50.6 Å². The maximum absolute atomic E-state index is 11.4. The van der Waals surface area contributed by atoms with E-state index in [1.807, 2.05) is 6.07 Å². The predicted molar refractivity (Wildman–Crippen MR) is 104 cm³/mol. The molecule has 0 radical (unpaired) electrons. The van der Waals surface area contributed by atoms with E-state index in [-0.39, 0.29) is 5.56 Å². The van der Waals surface area contributed by atoms with Gasteiger partial charge in [-0.1, -0.05) is 18.2 Å². The first kappa shape index (κ1) is 18.1. The number of piperazine rings is 1. The van der Waals surface area contributed by atoms with Crippen LogP contribution in [-0.2, 0) is 0 Å². The zero-order chi connectivity index (χ0) is 18.4. The summed E-state index contributed by atoms with van der Waals surface area (Å²) in [6, 6.07) is 15.5. The summed E-state index contributed by atoms with van der Waals surface area (Å²) in [6.07, 6.45) is 0. The van der Waals surface area contributed by atoms with Crippen LogP contribution in [0.3, 0.4) is 0 Å². The molecule has 6 heteroatoms. The number of anilines is 2. The van der Waals surface area contributed by atoms with Gasteiger partial charge in [0.2, 0.25) is 0 Å². The van der Waals surface area contributed by atoms with Crippen LogP contribution in [0.5, 0.6) is 5.75 Å². The first-order chi connectivity index (χ1) is 12.7. The third kappa shape index (κ3) is 4.46. The quantitative estimate of drug-likeness (QED) is 0.796. The molecule has 1 aliphatic rings. The van der Waals surface area contributed by atoms with Crippen molar-refractivity contribution in [3.05, 3.63) is 54.1 Å². The summed E-state index contributed by atoms with van der Waals surface area (Å²) in [5, 5.41) is 12.6. The van der Waals surface area contributed by atoms with Crippen LogP contribution >= 0.6 is 0 Å². The van der Waals surface area contributed by atoms with E-state index in [1.165, 1.54) is 12.8 Å². The Balaban J connectivity index is 1.48. The number of carboxylic acids is 1. The highest BCUT2D eigenvalue weighted by Crippen LogP contribution is 2.22. The molecule has 1 aliphatic heterocycles. The minimum absolute atomic E-state index is 0.234. The van der Waals surface area contributed by atoms with E-state index in [1.54, 1.807) is 18.2 Å². The largest absolute Gasteiger partial charge is 0.497 e. The Hall–Kier alpha value is -2.73. The van der Waals surface area contributed by atoms with Gasteiger partial charge in [0.1, 0.15) is 5.75 Å². The summed E-state index contributed by atoms with van der Waals surface area (Å²) in [6.45, 7) is 5.61. The molecule has 0 saturated carbocycles. The SMILES string of the molecule is COc1ccc(NCCN2CCN(c3ccccc3)CC2)c(C(=O)O)c1. The maximum Gasteiger partial charge on any atom is 0.337 e. The lowest BCUT2D eigenvalue weighted by Crippen LogP contribution is -2.47. The van der Waals surface area contributed by atoms with E-state index in [2.05, 4.69) is 39.4 Å². The topological polar surface area (TPSA) is 65.0 Å². The number of carbonyl (C=O) groups is 1. The number of aromatic carboxylic acids is 1. The molecule has 3 rings (SSSR count). The molecule has 138 valence electrons. The minimum atomic E-state index is -0.956. The lowest BCUT2D eigenvalue weighted by Gasteiger charge is -2.36. The number of carboxylic acid groups (broad SMARTS) is 1. The smallest absolute Gasteiger partial charge is 0.337 e. The van der Waals surface area contributed by atoms with Crippen LogP contribution in [0.25, 0.3) is 0 Å². The van der Waals surface area contributed by atoms with E-state index >= 15 is 0 Å². The average Bonchev–Trinajstić information content (AvgIpc) is 2.69. The number of hydrogen-bond acceptors (Lipinski definition) is 5. The normalized spacial score (nSPS) is 14.9. The van der Waals surface area contributed by atoms with E-state index in [0.717, 1.165) is 32.7 Å². The number of hydrogen-bond donors (Lipinski definition) is 2. The fourth-order valence-corrected chi connectivity index (χ4v) is 3.20. The molecule has 0 spiro atoms. The second-order valence-electron chi connectivity index (χ2n) is 6.31. The van der Waals surface area contributed by atoms with Crippen molar-refractivity contribution < 1.29 is 14.6 Å². The number of rotatable bonds is 7. The number of methoxy groups -OCH3 is 1. The summed E-state index contributed by atoms with van der Waals surface area (Å²) in [7, 11) is 1.53. The fourth-order valence-electron chi connectivity index (χ4n) is 3.20. The summed E-state index contributed by atoms with van der Waals surface area (Å²) < 4.78 is 5.10. The molecule has 1 saturated heterocycles. The molecule has 0 aromatic heterocycles. The van der Waals surface area contributed by atoms with Gasteiger partial charge in [0.25, 0.3) is 0 Å². The van der Waals surface area contributed by atoms with Crippen LogP contribution in [0.2, 0.25) is 0 Å². The van der Waals surface area contributed by atoms with E-state index in [0.29, 0.717) is 18.0 Å². The molecule has 0 unspecified atom stereocenters. The highest BCUT2D eigenvalue weighted by Gasteiger charge is 2.17. The second kappa shape index (κ2) is 8.58. The molecular formula is C20H25N3O3. The van der Waals surface area contributed by atoms with Crippen molar-refractivity contribution in [3.8, 4) is 5.75 Å². The van der Waals surface area contributed by atoms with Crippen LogP contribution in [-0.4, -0.2) is 62.4 Å². The van der Waals surface area contributed by atoms with Gasteiger partial charge in [0.05, 0.1) is 12.7 Å². The average molecular weight is 355 g/mol. The van der Waals surface area contributed by atoms with Gasteiger partial charge in [-0.15, -0.1) is 0 Å². The Morgan fingerprint density at radius 3 is 2.50 bits per heavy atom. The highest BCUT2D eigenvalue weighted by molar-refractivity contribution is 5.94. The molecular weight excluding hydrogens is 330 g/mol. The molecule has 1 heterocycles. The lowest BCUT2D eigenvalue weighted by molar-refractivity contribution is 0.0697. The predicted octanol–water partition coefficient (Wildman–Crippen LogP) is 2.63. The summed E-state index contributed by atoms with van der Waals surface area (Å²) >= 11 is 0. The molecule has 26 heavy (non-hydrogen) atoms. The maximum atomic E-state index is 11.4. The van der Waals surface area contributed by atoms with Crippen molar-refractivity contribution in [2.75, 3.05) is 56.6 Å². The zero-order valence-corrected chi connectivity index (χ0v) is 15.0. The molecule has 0 bridgehead atoms. The first-order valence-electron chi connectivity index (χ1n) is 8.85. The monoisotopic (exact) mass is 355 g/mol. The van der Waals surface area contributed by atoms with Crippen LogP contribution in [0, 0.1) is 0 Å². The van der Waals surface area contributed by atoms with Crippen LogP contribution < -0.4 is 15.0 Å². The standard InChI is InChI=1S/C20H25N3O3/c1-26-17-7-8-19(18(15-17)20(24)25)21-9-10-22-11-13-23(14-12-22)16-5-3-2-4-6-16/h2-8,15,21H,9-14H2,1H3,(H,24,25). The summed E-state index contributed by atoms with van der Waals surface area (Å²) in [5.41, 5.74) is 2.13. The van der Waals surface area contributed by atoms with Crippen molar-refractivity contribution >= 4 is 17.3 Å². The third-order valence-corrected chi connectivity index (χ3v) is 4.69. The molecule has 6 nitrogen and oxygen atoms in total. The Labute approximate surface area is 154 Å². The number of nitrogens with one attached hydrogen (secondary N) is 1. The molecule has 2 aromatic carbocycles. The lowest BCUT2D eigenvalue weighted by atomic mass is 10.1. The summed E-state index contributed by atoms with van der Waals surface area (Å²) in [5.74, 6) is -0.409. The van der Waals surface area contributed by atoms with Crippen LogP contribution in [0.4, 0.5) is 11.4 Å². The van der Waals surface area contributed by atoms with Crippen molar-refractivity contribution in [2.24, 2.45) is 0 Å². The molecule has 1 fully saturated rings. The van der Waals surface area contributed by atoms with Crippen LogP contribution in [0.15, 0.2) is 48.5 Å². The number of para-hydroxylation sites is 1. The summed E-state index contributed by atoms with van der Waals surface area (Å²) in [4.78, 5) is 16.2. The first-order valence-corrected chi connectivity index (χ1v) is 8.85. The van der Waals surface area contributed by atoms with Gasteiger partial charge < -0.3 is 20.1 Å². The third-order valence-electron chi connectivity index (χ3n) is 4.69. The van der Waals surface area contributed by atoms with Gasteiger partial charge in [-0.05, 0) is 30.3 Å². The molecule has 2 aromatic rings. The van der Waals surface area contributed by atoms with Gasteiger partial charge in [0.15, 0.2) is 0 Å². The van der Waals surface area contributed by atoms with Gasteiger partial charge >= 0.3 is 5.97 Å². The van der Waals surface area contributed by atoms with Crippen molar-refractivity contribution in [3.63, 3.8) is 0 Å². The van der Waals surface area contributed by atoms with Gasteiger partial charge in [-0.2, -0.15) is 0 Å². The van der Waals surface area contributed by atoms with Crippen molar-refractivity contribution in [1.29, 1.82) is 0 Å². The van der Waals surface area contributed by atoms with Gasteiger partial charge in [-0.3, -0.25) is 4.90 Å². The van der Waals surface area contributed by atoms with Crippen molar-refractivity contribution in [2.45, 2.75) is 0 Å². The fraction of sp³-hybridized carbons (Fsp3) is 0.350. The molecule has 0 aliphatic carbocycles. The van der Waals surface area contributed by atoms with E-state index < -0.39 is 5.97 Å². The van der Waals surface area contributed by atoms with E-state index in [9.17, 15) is 9.90 Å². The zero-order valence-electron chi connectivity index (χ0n) is 15.0. The molecule has 0 atom stereocenters. The van der Waals surface area contributed by atoms with Crippen molar-refractivity contribution in [1.82, 2.24) is 4.90 Å². The minimum Gasteiger partial charge on any atom is -0.497 e. The highest BCUT2D eigenvalue weighted by atomic mass is 16.5. The van der Waals surface area contributed by atoms with E-state index in [4.69, 9.17) is 4.74 Å². The Kier molecular flexibility index (Phi) is 5.96. The Bertz CT molecular complexity index is 728. The second-order valence-corrected chi connectivity index (χ2v) is 6.31. The number of ether oxygens (including phenoxy) is 1. The Morgan fingerprint density at radius 1 is 1.12 bits per heavy atom. The van der Waals surface area contributed by atoms with Gasteiger partial charge in [-0.25, -0.2) is 4.79 Å². The number of nitrogens with zero attached hydrogens (tertiary/aromatic N) is 2. The molecule has 0 amide bonds. The number of benzene rings is 2. The molecule has 2 N–H and O–H groups in total. The Morgan fingerprint density at radius 2 is 1.85 bits per heavy atom. The van der Waals surface area contributed by atoms with Crippen LogP contribution in [0.1, 0.15) is 10.4 Å².